The maximum atomic E-state index is 12.2. The Hall–Kier alpha value is -2.57. The molecule has 1 unspecified atom stereocenters. The van der Waals surface area contributed by atoms with Gasteiger partial charge in [0.25, 0.3) is 0 Å². The number of anilines is 1. The Morgan fingerprint density at radius 1 is 1.43 bits per heavy atom. The van der Waals surface area contributed by atoms with Crippen LogP contribution in [0.1, 0.15) is 12.5 Å². The van der Waals surface area contributed by atoms with Crippen LogP contribution in [0.4, 0.5) is 10.5 Å². The minimum absolute atomic E-state index is 0.174. The molecule has 1 aliphatic rings. The number of urea groups is 1. The highest BCUT2D eigenvalue weighted by molar-refractivity contribution is 5.95. The number of carboxylic acids is 1. The Morgan fingerprint density at radius 2 is 2.14 bits per heavy atom. The van der Waals surface area contributed by atoms with Crippen molar-refractivity contribution in [2.45, 2.75) is 19.4 Å². The number of amides is 3. The zero-order chi connectivity index (χ0) is 15.4. The van der Waals surface area contributed by atoms with Crippen LogP contribution in [0.3, 0.4) is 0 Å². The minimum atomic E-state index is -0.970. The number of aliphatic carboxylic acids is 1. The Morgan fingerprint density at radius 3 is 2.86 bits per heavy atom. The standard InChI is InChI=1S/C14H17N3O4/c1-9-13(20)15-6-7-17(9)14(21)16-11-5-3-2-4-10(11)8-12(18)19/h2-5,9H,6-8H2,1H3,(H,15,20)(H,16,21)(H,18,19). The van der Waals surface area contributed by atoms with Crippen LogP contribution in [0.2, 0.25) is 0 Å². The van der Waals surface area contributed by atoms with Crippen molar-refractivity contribution in [3.8, 4) is 0 Å². The Labute approximate surface area is 121 Å². The van der Waals surface area contributed by atoms with Crippen LogP contribution in [-0.2, 0) is 16.0 Å². The first-order valence-electron chi connectivity index (χ1n) is 6.64. The largest absolute Gasteiger partial charge is 0.481 e. The molecule has 1 aliphatic heterocycles. The van der Waals surface area contributed by atoms with Crippen LogP contribution in [0, 0.1) is 0 Å². The van der Waals surface area contributed by atoms with Crippen molar-refractivity contribution in [3.63, 3.8) is 0 Å². The van der Waals surface area contributed by atoms with E-state index in [4.69, 9.17) is 5.11 Å². The van der Waals surface area contributed by atoms with Gasteiger partial charge in [0, 0.05) is 18.8 Å². The Bertz CT molecular complexity index is 573. The maximum absolute atomic E-state index is 12.2. The lowest BCUT2D eigenvalue weighted by atomic mass is 10.1. The number of nitrogens with zero attached hydrogens (tertiary/aromatic N) is 1. The summed E-state index contributed by atoms with van der Waals surface area (Å²) in [6.45, 7) is 2.48. The quantitative estimate of drug-likeness (QED) is 0.762. The number of rotatable bonds is 3. The van der Waals surface area contributed by atoms with E-state index in [-0.39, 0.29) is 12.3 Å². The molecule has 1 aromatic carbocycles. The molecule has 0 spiro atoms. The highest BCUT2D eigenvalue weighted by Gasteiger charge is 2.29. The number of piperazine rings is 1. The normalized spacial score (nSPS) is 18.0. The topological polar surface area (TPSA) is 98.7 Å². The third kappa shape index (κ3) is 3.50. The van der Waals surface area contributed by atoms with Gasteiger partial charge in [0.05, 0.1) is 6.42 Å². The second-order valence-corrected chi connectivity index (χ2v) is 4.82. The van der Waals surface area contributed by atoms with E-state index in [1.54, 1.807) is 31.2 Å². The van der Waals surface area contributed by atoms with Gasteiger partial charge >= 0.3 is 12.0 Å². The Balaban J connectivity index is 2.12. The number of benzene rings is 1. The first-order valence-corrected chi connectivity index (χ1v) is 6.64. The van der Waals surface area contributed by atoms with Gasteiger partial charge in [-0.05, 0) is 18.6 Å². The molecule has 0 radical (unpaired) electrons. The van der Waals surface area contributed by atoms with Gasteiger partial charge in [0.1, 0.15) is 6.04 Å². The average molecular weight is 291 g/mol. The molecule has 7 heteroatoms. The third-order valence-corrected chi connectivity index (χ3v) is 3.36. The molecule has 3 N–H and O–H groups in total. The molecular weight excluding hydrogens is 274 g/mol. The van der Waals surface area contributed by atoms with Crippen molar-refractivity contribution in [3.05, 3.63) is 29.8 Å². The number of hydrogen-bond donors (Lipinski definition) is 3. The summed E-state index contributed by atoms with van der Waals surface area (Å²) in [5.41, 5.74) is 0.968. The van der Waals surface area contributed by atoms with E-state index in [1.807, 2.05) is 0 Å². The van der Waals surface area contributed by atoms with Gasteiger partial charge in [-0.25, -0.2) is 4.79 Å². The third-order valence-electron chi connectivity index (χ3n) is 3.36. The van der Waals surface area contributed by atoms with E-state index in [9.17, 15) is 14.4 Å². The second-order valence-electron chi connectivity index (χ2n) is 4.82. The summed E-state index contributed by atoms with van der Waals surface area (Å²) < 4.78 is 0. The Kier molecular flexibility index (Phi) is 4.42. The van der Waals surface area contributed by atoms with Gasteiger partial charge in [-0.2, -0.15) is 0 Å². The molecule has 0 aromatic heterocycles. The lowest BCUT2D eigenvalue weighted by Gasteiger charge is -2.32. The van der Waals surface area contributed by atoms with E-state index < -0.39 is 18.0 Å². The molecule has 7 nitrogen and oxygen atoms in total. The van der Waals surface area contributed by atoms with Crippen LogP contribution >= 0.6 is 0 Å². The summed E-state index contributed by atoms with van der Waals surface area (Å²) in [7, 11) is 0. The van der Waals surface area contributed by atoms with E-state index in [1.165, 1.54) is 4.90 Å². The molecule has 2 rings (SSSR count). The zero-order valence-corrected chi connectivity index (χ0v) is 11.6. The maximum Gasteiger partial charge on any atom is 0.322 e. The van der Waals surface area contributed by atoms with E-state index in [0.717, 1.165) is 0 Å². The van der Waals surface area contributed by atoms with E-state index in [0.29, 0.717) is 24.3 Å². The van der Waals surface area contributed by atoms with Gasteiger partial charge in [-0.1, -0.05) is 18.2 Å². The molecule has 1 fully saturated rings. The summed E-state index contributed by atoms with van der Waals surface area (Å²) in [5, 5.41) is 14.2. The van der Waals surface area contributed by atoms with Crippen molar-refractivity contribution < 1.29 is 19.5 Å². The molecule has 3 amide bonds. The molecule has 0 aliphatic carbocycles. The van der Waals surface area contributed by atoms with Gasteiger partial charge in [0.15, 0.2) is 0 Å². The first kappa shape index (κ1) is 14.8. The molecule has 112 valence electrons. The summed E-state index contributed by atoms with van der Waals surface area (Å²) in [4.78, 5) is 36.1. The summed E-state index contributed by atoms with van der Waals surface area (Å²) in [5.74, 6) is -1.17. The van der Waals surface area contributed by atoms with Crippen LogP contribution < -0.4 is 10.6 Å². The molecule has 1 aromatic rings. The van der Waals surface area contributed by atoms with Crippen molar-refractivity contribution in [1.82, 2.24) is 10.2 Å². The number of carboxylic acid groups (broad SMARTS) is 1. The highest BCUT2D eigenvalue weighted by atomic mass is 16.4. The van der Waals surface area contributed by atoms with Crippen LogP contribution in [0.15, 0.2) is 24.3 Å². The monoisotopic (exact) mass is 291 g/mol. The fourth-order valence-electron chi connectivity index (χ4n) is 2.21. The van der Waals surface area contributed by atoms with Crippen LogP contribution in [-0.4, -0.2) is 47.0 Å². The lowest BCUT2D eigenvalue weighted by Crippen LogP contribution is -2.56. The SMILES string of the molecule is CC1C(=O)NCCN1C(=O)Nc1ccccc1CC(=O)O. The predicted octanol–water partition coefficient (Wildman–Crippen LogP) is 0.666. The van der Waals surface area contributed by atoms with Gasteiger partial charge in [-0.3, -0.25) is 9.59 Å². The molecule has 0 bridgehead atoms. The van der Waals surface area contributed by atoms with Crippen molar-refractivity contribution in [2.24, 2.45) is 0 Å². The molecule has 1 heterocycles. The number of carbonyl (C=O) groups excluding carboxylic acids is 2. The summed E-state index contributed by atoms with van der Waals surface area (Å²) in [6.07, 6.45) is -0.174. The van der Waals surface area contributed by atoms with Gasteiger partial charge in [0.2, 0.25) is 5.91 Å². The lowest BCUT2D eigenvalue weighted by molar-refractivity contribution is -0.136. The van der Waals surface area contributed by atoms with Crippen molar-refractivity contribution >= 4 is 23.6 Å². The van der Waals surface area contributed by atoms with Crippen molar-refractivity contribution in [2.75, 3.05) is 18.4 Å². The zero-order valence-electron chi connectivity index (χ0n) is 11.6. The summed E-state index contributed by atoms with van der Waals surface area (Å²) >= 11 is 0. The smallest absolute Gasteiger partial charge is 0.322 e. The van der Waals surface area contributed by atoms with Crippen LogP contribution in [0.25, 0.3) is 0 Å². The summed E-state index contributed by atoms with van der Waals surface area (Å²) in [6, 6.07) is 5.76. The molecule has 21 heavy (non-hydrogen) atoms. The van der Waals surface area contributed by atoms with E-state index >= 15 is 0 Å². The number of hydrogen-bond acceptors (Lipinski definition) is 3. The second kappa shape index (κ2) is 6.25. The predicted molar refractivity (Wildman–Crippen MR) is 76.0 cm³/mol. The van der Waals surface area contributed by atoms with E-state index in [2.05, 4.69) is 10.6 Å². The molecule has 1 saturated heterocycles. The highest BCUT2D eigenvalue weighted by Crippen LogP contribution is 2.17. The van der Waals surface area contributed by atoms with Crippen LogP contribution in [0.5, 0.6) is 0 Å². The molecule has 1 atom stereocenters. The van der Waals surface area contributed by atoms with Crippen molar-refractivity contribution in [1.29, 1.82) is 0 Å². The number of nitrogens with one attached hydrogen (secondary N) is 2. The number of carbonyl (C=O) groups is 3. The van der Waals surface area contributed by atoms with Gasteiger partial charge in [-0.15, -0.1) is 0 Å². The first-order chi connectivity index (χ1) is 9.99. The minimum Gasteiger partial charge on any atom is -0.481 e. The average Bonchev–Trinajstić information content (AvgIpc) is 2.43. The molecule has 0 saturated carbocycles. The molecular formula is C14H17N3O4. The fourth-order valence-corrected chi connectivity index (χ4v) is 2.21. The fraction of sp³-hybridized carbons (Fsp3) is 0.357. The van der Waals surface area contributed by atoms with Gasteiger partial charge < -0.3 is 20.6 Å². The number of para-hydroxylation sites is 1.